The standard InChI is InChI=1S/C13H11NO/c1-8-5-6-9-10-3-2-4-11(14)13(10)15-12(9)7-8/h2-7H,14H2,1H3. The third kappa shape index (κ3) is 1.11. The van der Waals surface area contributed by atoms with Crippen LogP contribution in [0.25, 0.3) is 21.9 Å². The molecule has 0 bridgehead atoms. The molecule has 74 valence electrons. The summed E-state index contributed by atoms with van der Waals surface area (Å²) in [6.07, 6.45) is 0. The van der Waals surface area contributed by atoms with Crippen molar-refractivity contribution in [1.82, 2.24) is 0 Å². The third-order valence-corrected chi connectivity index (χ3v) is 2.68. The third-order valence-electron chi connectivity index (χ3n) is 2.68. The van der Waals surface area contributed by atoms with Crippen LogP contribution in [0.5, 0.6) is 0 Å². The van der Waals surface area contributed by atoms with Crippen LogP contribution >= 0.6 is 0 Å². The summed E-state index contributed by atoms with van der Waals surface area (Å²) in [7, 11) is 0. The second-order valence-electron chi connectivity index (χ2n) is 3.83. The van der Waals surface area contributed by atoms with E-state index in [1.165, 1.54) is 5.56 Å². The highest BCUT2D eigenvalue weighted by atomic mass is 16.3. The van der Waals surface area contributed by atoms with Gasteiger partial charge in [-0.15, -0.1) is 0 Å². The van der Waals surface area contributed by atoms with Crippen LogP contribution in [0.1, 0.15) is 5.56 Å². The maximum absolute atomic E-state index is 5.86. The Morgan fingerprint density at radius 1 is 1.07 bits per heavy atom. The zero-order chi connectivity index (χ0) is 10.4. The van der Waals surface area contributed by atoms with Gasteiger partial charge in [0.1, 0.15) is 5.58 Å². The Kier molecular flexibility index (Phi) is 1.54. The van der Waals surface area contributed by atoms with Gasteiger partial charge in [0.15, 0.2) is 5.58 Å². The Hall–Kier alpha value is -1.96. The van der Waals surface area contributed by atoms with Crippen molar-refractivity contribution in [3.05, 3.63) is 42.0 Å². The summed E-state index contributed by atoms with van der Waals surface area (Å²) in [5.41, 5.74) is 9.45. The molecule has 3 aromatic rings. The van der Waals surface area contributed by atoms with E-state index in [0.29, 0.717) is 5.69 Å². The van der Waals surface area contributed by atoms with Gasteiger partial charge in [0.2, 0.25) is 0 Å². The summed E-state index contributed by atoms with van der Waals surface area (Å²) >= 11 is 0. The lowest BCUT2D eigenvalue weighted by atomic mass is 10.1. The molecular formula is C13H11NO. The average Bonchev–Trinajstić information content (AvgIpc) is 2.57. The number of nitrogen functional groups attached to an aromatic ring is 1. The monoisotopic (exact) mass is 197 g/mol. The summed E-state index contributed by atoms with van der Waals surface area (Å²) in [6.45, 7) is 2.05. The van der Waals surface area contributed by atoms with E-state index in [2.05, 4.69) is 19.1 Å². The molecule has 0 aliphatic heterocycles. The lowest BCUT2D eigenvalue weighted by molar-refractivity contribution is 0.670. The minimum Gasteiger partial charge on any atom is -0.454 e. The molecule has 0 aliphatic carbocycles. The largest absolute Gasteiger partial charge is 0.454 e. The first-order chi connectivity index (χ1) is 7.25. The molecule has 0 spiro atoms. The summed E-state index contributed by atoms with van der Waals surface area (Å²) in [5.74, 6) is 0. The van der Waals surface area contributed by atoms with Gasteiger partial charge in [-0.3, -0.25) is 0 Å². The van der Waals surface area contributed by atoms with Crippen molar-refractivity contribution >= 4 is 27.6 Å². The highest BCUT2D eigenvalue weighted by molar-refractivity contribution is 6.08. The van der Waals surface area contributed by atoms with Gasteiger partial charge in [-0.1, -0.05) is 24.3 Å². The molecular weight excluding hydrogens is 186 g/mol. The van der Waals surface area contributed by atoms with Crippen LogP contribution < -0.4 is 5.73 Å². The second-order valence-corrected chi connectivity index (χ2v) is 3.83. The predicted octanol–water partition coefficient (Wildman–Crippen LogP) is 3.48. The number of fused-ring (bicyclic) bond motifs is 3. The predicted molar refractivity (Wildman–Crippen MR) is 62.9 cm³/mol. The van der Waals surface area contributed by atoms with E-state index in [1.807, 2.05) is 24.3 Å². The molecule has 15 heavy (non-hydrogen) atoms. The lowest BCUT2D eigenvalue weighted by Crippen LogP contribution is -1.82. The molecule has 0 radical (unpaired) electrons. The number of benzene rings is 2. The smallest absolute Gasteiger partial charge is 0.158 e. The zero-order valence-corrected chi connectivity index (χ0v) is 8.45. The van der Waals surface area contributed by atoms with Crippen LogP contribution in [0.4, 0.5) is 5.69 Å². The maximum Gasteiger partial charge on any atom is 0.158 e. The number of furan rings is 1. The van der Waals surface area contributed by atoms with Crippen LogP contribution in [-0.4, -0.2) is 0 Å². The number of para-hydroxylation sites is 1. The Morgan fingerprint density at radius 3 is 2.80 bits per heavy atom. The highest BCUT2D eigenvalue weighted by Gasteiger charge is 2.08. The van der Waals surface area contributed by atoms with E-state index in [0.717, 1.165) is 21.9 Å². The zero-order valence-electron chi connectivity index (χ0n) is 8.45. The second kappa shape index (κ2) is 2.76. The van der Waals surface area contributed by atoms with Crippen LogP contribution in [-0.2, 0) is 0 Å². The average molecular weight is 197 g/mol. The van der Waals surface area contributed by atoms with Crippen molar-refractivity contribution in [1.29, 1.82) is 0 Å². The number of rotatable bonds is 0. The molecule has 2 N–H and O–H groups in total. The van der Waals surface area contributed by atoms with Gasteiger partial charge in [-0.05, 0) is 24.6 Å². The lowest BCUT2D eigenvalue weighted by Gasteiger charge is -1.92. The van der Waals surface area contributed by atoms with Crippen molar-refractivity contribution in [3.63, 3.8) is 0 Å². The number of nitrogens with two attached hydrogens (primary N) is 1. The molecule has 0 unspecified atom stereocenters. The van der Waals surface area contributed by atoms with Crippen molar-refractivity contribution < 1.29 is 4.42 Å². The van der Waals surface area contributed by atoms with Crippen molar-refractivity contribution in [2.24, 2.45) is 0 Å². The SMILES string of the molecule is Cc1ccc2c(c1)oc1c(N)cccc12. The number of hydrogen-bond acceptors (Lipinski definition) is 2. The van der Waals surface area contributed by atoms with Gasteiger partial charge < -0.3 is 10.2 Å². The molecule has 0 saturated carbocycles. The Labute approximate surface area is 87.3 Å². The van der Waals surface area contributed by atoms with Crippen molar-refractivity contribution in [2.75, 3.05) is 5.73 Å². The van der Waals surface area contributed by atoms with Gasteiger partial charge in [-0.2, -0.15) is 0 Å². The van der Waals surface area contributed by atoms with Gasteiger partial charge in [-0.25, -0.2) is 0 Å². The van der Waals surface area contributed by atoms with Crippen LogP contribution in [0, 0.1) is 6.92 Å². The van der Waals surface area contributed by atoms with E-state index in [1.54, 1.807) is 0 Å². The van der Waals surface area contributed by atoms with E-state index in [4.69, 9.17) is 10.2 Å². The van der Waals surface area contributed by atoms with Gasteiger partial charge in [0.05, 0.1) is 5.69 Å². The fraction of sp³-hybridized carbons (Fsp3) is 0.0769. The molecule has 0 saturated heterocycles. The maximum atomic E-state index is 5.86. The first kappa shape index (κ1) is 8.36. The van der Waals surface area contributed by atoms with E-state index < -0.39 is 0 Å². The number of aryl methyl sites for hydroxylation is 1. The normalized spacial score (nSPS) is 11.3. The quantitative estimate of drug-likeness (QED) is 0.560. The summed E-state index contributed by atoms with van der Waals surface area (Å²) in [5, 5.41) is 2.22. The first-order valence-electron chi connectivity index (χ1n) is 4.93. The number of hydrogen-bond donors (Lipinski definition) is 1. The molecule has 0 atom stereocenters. The summed E-state index contributed by atoms with van der Waals surface area (Å²) in [4.78, 5) is 0. The van der Waals surface area contributed by atoms with E-state index >= 15 is 0 Å². The first-order valence-corrected chi connectivity index (χ1v) is 4.93. The van der Waals surface area contributed by atoms with Gasteiger partial charge in [0.25, 0.3) is 0 Å². The molecule has 3 rings (SSSR count). The minimum atomic E-state index is 0.696. The number of anilines is 1. The van der Waals surface area contributed by atoms with Crippen LogP contribution in [0.2, 0.25) is 0 Å². The minimum absolute atomic E-state index is 0.696. The molecule has 0 fully saturated rings. The molecule has 2 nitrogen and oxygen atoms in total. The summed E-state index contributed by atoms with van der Waals surface area (Å²) < 4.78 is 5.74. The van der Waals surface area contributed by atoms with Crippen LogP contribution in [0.3, 0.4) is 0 Å². The fourth-order valence-electron chi connectivity index (χ4n) is 1.93. The van der Waals surface area contributed by atoms with Crippen molar-refractivity contribution in [2.45, 2.75) is 6.92 Å². The topological polar surface area (TPSA) is 39.2 Å². The fourth-order valence-corrected chi connectivity index (χ4v) is 1.93. The summed E-state index contributed by atoms with van der Waals surface area (Å²) in [6, 6.07) is 12.0. The molecule has 0 amide bonds. The molecule has 1 aromatic heterocycles. The van der Waals surface area contributed by atoms with Gasteiger partial charge >= 0.3 is 0 Å². The molecule has 2 aromatic carbocycles. The van der Waals surface area contributed by atoms with Gasteiger partial charge in [0, 0.05) is 10.8 Å². The highest BCUT2D eigenvalue weighted by Crippen LogP contribution is 2.32. The van der Waals surface area contributed by atoms with E-state index in [-0.39, 0.29) is 0 Å². The Morgan fingerprint density at radius 2 is 1.93 bits per heavy atom. The Bertz CT molecular complexity index is 652. The molecule has 0 aliphatic rings. The van der Waals surface area contributed by atoms with Crippen molar-refractivity contribution in [3.8, 4) is 0 Å². The Balaban J connectivity index is 2.57. The van der Waals surface area contributed by atoms with E-state index in [9.17, 15) is 0 Å². The molecule has 2 heteroatoms. The van der Waals surface area contributed by atoms with Crippen LogP contribution in [0.15, 0.2) is 40.8 Å². The molecule has 1 heterocycles.